The normalized spacial score (nSPS) is 11.0. The number of hydrogen-bond acceptors (Lipinski definition) is 5. The number of amides is 1. The van der Waals surface area contributed by atoms with E-state index in [1.165, 1.54) is 0 Å². The van der Waals surface area contributed by atoms with Crippen molar-refractivity contribution in [2.75, 3.05) is 0 Å². The average Bonchev–Trinajstić information content (AvgIpc) is 3.02. The first kappa shape index (κ1) is 13.7. The second kappa shape index (κ2) is 5.61. The molecule has 21 heavy (non-hydrogen) atoms. The van der Waals surface area contributed by atoms with Crippen molar-refractivity contribution in [1.29, 1.82) is 0 Å². The molecule has 0 aliphatic rings. The van der Waals surface area contributed by atoms with Crippen LogP contribution in [0.2, 0.25) is 0 Å². The van der Waals surface area contributed by atoms with Crippen LogP contribution in [0.1, 0.15) is 33.7 Å². The Balaban J connectivity index is 1.80. The summed E-state index contributed by atoms with van der Waals surface area (Å²) in [6.45, 7) is 4.40. The van der Waals surface area contributed by atoms with Crippen LogP contribution in [0.5, 0.6) is 0 Å². The molecule has 0 saturated heterocycles. The SMILES string of the molecule is CCc1nn2c(CNC(=O)c3ccncc3)c(C)nc2s1. The van der Waals surface area contributed by atoms with Gasteiger partial charge in [0, 0.05) is 18.0 Å². The van der Waals surface area contributed by atoms with Gasteiger partial charge in [-0.3, -0.25) is 9.78 Å². The Bertz CT molecular complexity index is 777. The topological polar surface area (TPSA) is 72.2 Å². The number of aryl methyl sites for hydroxylation is 2. The number of aromatic nitrogens is 4. The summed E-state index contributed by atoms with van der Waals surface area (Å²) >= 11 is 1.58. The fraction of sp³-hybridized carbons (Fsp3) is 0.286. The van der Waals surface area contributed by atoms with Gasteiger partial charge < -0.3 is 5.32 Å². The molecule has 0 aromatic carbocycles. The third kappa shape index (κ3) is 2.64. The minimum atomic E-state index is -0.127. The number of fused-ring (bicyclic) bond motifs is 1. The molecule has 0 aliphatic heterocycles. The molecule has 6 nitrogen and oxygen atoms in total. The van der Waals surface area contributed by atoms with Crippen LogP contribution < -0.4 is 5.32 Å². The summed E-state index contributed by atoms with van der Waals surface area (Å²) in [6.07, 6.45) is 4.09. The van der Waals surface area contributed by atoms with Crippen LogP contribution in [0.4, 0.5) is 0 Å². The quantitative estimate of drug-likeness (QED) is 0.800. The summed E-state index contributed by atoms with van der Waals surface area (Å²) < 4.78 is 1.83. The Morgan fingerprint density at radius 1 is 1.38 bits per heavy atom. The van der Waals surface area contributed by atoms with E-state index in [4.69, 9.17) is 0 Å². The molecule has 0 radical (unpaired) electrons. The predicted octanol–water partition coefficient (Wildman–Crippen LogP) is 1.99. The molecule has 0 spiro atoms. The van der Waals surface area contributed by atoms with Gasteiger partial charge in [0.15, 0.2) is 0 Å². The molecule has 0 bridgehead atoms. The van der Waals surface area contributed by atoms with E-state index in [-0.39, 0.29) is 5.91 Å². The fourth-order valence-corrected chi connectivity index (χ4v) is 2.94. The molecule has 3 aromatic rings. The minimum absolute atomic E-state index is 0.127. The standard InChI is InChI=1S/C14H15N5OS/c1-3-12-18-19-11(9(2)17-14(19)21-12)8-16-13(20)10-4-6-15-7-5-10/h4-7H,3,8H2,1-2H3,(H,16,20). The number of rotatable bonds is 4. The van der Waals surface area contributed by atoms with Gasteiger partial charge in [0.2, 0.25) is 4.96 Å². The zero-order chi connectivity index (χ0) is 14.8. The van der Waals surface area contributed by atoms with Crippen LogP contribution in [0.15, 0.2) is 24.5 Å². The van der Waals surface area contributed by atoms with Crippen LogP contribution in [-0.4, -0.2) is 25.5 Å². The van der Waals surface area contributed by atoms with Gasteiger partial charge in [-0.05, 0) is 25.5 Å². The molecule has 3 aromatic heterocycles. The molecule has 0 fully saturated rings. The largest absolute Gasteiger partial charge is 0.346 e. The van der Waals surface area contributed by atoms with E-state index in [2.05, 4.69) is 27.3 Å². The van der Waals surface area contributed by atoms with E-state index in [9.17, 15) is 4.79 Å². The fourth-order valence-electron chi connectivity index (χ4n) is 2.05. The molecule has 108 valence electrons. The molecule has 1 N–H and O–H groups in total. The highest BCUT2D eigenvalue weighted by Crippen LogP contribution is 2.18. The maximum Gasteiger partial charge on any atom is 0.251 e. The van der Waals surface area contributed by atoms with Gasteiger partial charge in [0.25, 0.3) is 5.91 Å². The Morgan fingerprint density at radius 3 is 2.86 bits per heavy atom. The molecule has 0 aliphatic carbocycles. The van der Waals surface area contributed by atoms with Crippen molar-refractivity contribution >= 4 is 22.2 Å². The first-order valence-electron chi connectivity index (χ1n) is 6.71. The highest BCUT2D eigenvalue weighted by molar-refractivity contribution is 7.16. The summed E-state index contributed by atoms with van der Waals surface area (Å²) in [6, 6.07) is 3.37. The van der Waals surface area contributed by atoms with Crippen molar-refractivity contribution in [3.63, 3.8) is 0 Å². The van der Waals surface area contributed by atoms with Crippen LogP contribution in [-0.2, 0) is 13.0 Å². The number of nitrogens with one attached hydrogen (secondary N) is 1. The maximum absolute atomic E-state index is 12.1. The highest BCUT2D eigenvalue weighted by Gasteiger charge is 2.14. The van der Waals surface area contributed by atoms with Crippen LogP contribution >= 0.6 is 11.3 Å². The Labute approximate surface area is 125 Å². The van der Waals surface area contributed by atoms with Gasteiger partial charge in [-0.1, -0.05) is 18.3 Å². The van der Waals surface area contributed by atoms with Crippen molar-refractivity contribution < 1.29 is 4.79 Å². The van der Waals surface area contributed by atoms with E-state index in [0.717, 1.165) is 27.8 Å². The van der Waals surface area contributed by atoms with Crippen LogP contribution in [0.25, 0.3) is 4.96 Å². The third-order valence-electron chi connectivity index (χ3n) is 3.20. The minimum Gasteiger partial charge on any atom is -0.346 e. The molecule has 0 saturated carbocycles. The van der Waals surface area contributed by atoms with E-state index in [0.29, 0.717) is 12.1 Å². The smallest absolute Gasteiger partial charge is 0.251 e. The van der Waals surface area contributed by atoms with Crippen molar-refractivity contribution in [3.8, 4) is 0 Å². The number of pyridine rings is 1. The van der Waals surface area contributed by atoms with Crippen molar-refractivity contribution in [3.05, 3.63) is 46.5 Å². The average molecular weight is 301 g/mol. The zero-order valence-corrected chi connectivity index (χ0v) is 12.6. The van der Waals surface area contributed by atoms with Gasteiger partial charge in [0.05, 0.1) is 17.9 Å². The van der Waals surface area contributed by atoms with Gasteiger partial charge in [0.1, 0.15) is 5.01 Å². The highest BCUT2D eigenvalue weighted by atomic mass is 32.1. The second-order valence-electron chi connectivity index (χ2n) is 4.61. The van der Waals surface area contributed by atoms with E-state index >= 15 is 0 Å². The van der Waals surface area contributed by atoms with Crippen molar-refractivity contribution in [2.45, 2.75) is 26.8 Å². The molecule has 1 amide bonds. The van der Waals surface area contributed by atoms with Crippen LogP contribution in [0.3, 0.4) is 0 Å². The zero-order valence-electron chi connectivity index (χ0n) is 11.8. The summed E-state index contributed by atoms with van der Waals surface area (Å²) in [5, 5.41) is 8.45. The Morgan fingerprint density at radius 2 is 2.14 bits per heavy atom. The van der Waals surface area contributed by atoms with Gasteiger partial charge in [-0.2, -0.15) is 5.10 Å². The van der Waals surface area contributed by atoms with Crippen molar-refractivity contribution in [1.82, 2.24) is 24.9 Å². The first-order chi connectivity index (χ1) is 10.2. The monoisotopic (exact) mass is 301 g/mol. The van der Waals surface area contributed by atoms with Gasteiger partial charge in [-0.25, -0.2) is 9.50 Å². The molecule has 3 heterocycles. The van der Waals surface area contributed by atoms with E-state index < -0.39 is 0 Å². The molecule has 0 atom stereocenters. The summed E-state index contributed by atoms with van der Waals surface area (Å²) in [4.78, 5) is 21.3. The Kier molecular flexibility index (Phi) is 3.66. The number of hydrogen-bond donors (Lipinski definition) is 1. The first-order valence-corrected chi connectivity index (χ1v) is 7.53. The molecular formula is C14H15N5OS. The lowest BCUT2D eigenvalue weighted by atomic mass is 10.2. The summed E-state index contributed by atoms with van der Waals surface area (Å²) in [7, 11) is 0. The number of nitrogens with zero attached hydrogens (tertiary/aromatic N) is 4. The van der Waals surface area contributed by atoms with Crippen LogP contribution in [0, 0.1) is 6.92 Å². The maximum atomic E-state index is 12.1. The van der Waals surface area contributed by atoms with E-state index in [1.807, 2.05) is 11.4 Å². The molecular weight excluding hydrogens is 286 g/mol. The molecule has 3 rings (SSSR count). The molecule has 7 heteroatoms. The lowest BCUT2D eigenvalue weighted by Gasteiger charge is -2.04. The van der Waals surface area contributed by atoms with E-state index in [1.54, 1.807) is 35.9 Å². The van der Waals surface area contributed by atoms with Crippen molar-refractivity contribution in [2.24, 2.45) is 0 Å². The van der Waals surface area contributed by atoms with Gasteiger partial charge in [-0.15, -0.1) is 0 Å². The number of carbonyl (C=O) groups excluding carboxylic acids is 1. The molecule has 0 unspecified atom stereocenters. The van der Waals surface area contributed by atoms with Gasteiger partial charge >= 0.3 is 0 Å². The number of imidazole rings is 1. The second-order valence-corrected chi connectivity index (χ2v) is 5.65. The summed E-state index contributed by atoms with van der Waals surface area (Å²) in [5.41, 5.74) is 2.41. The number of carbonyl (C=O) groups is 1. The lowest BCUT2D eigenvalue weighted by molar-refractivity contribution is 0.0950. The summed E-state index contributed by atoms with van der Waals surface area (Å²) in [5.74, 6) is -0.127. The predicted molar refractivity (Wildman–Crippen MR) is 80.4 cm³/mol. The third-order valence-corrected chi connectivity index (χ3v) is 4.25. The Hall–Kier alpha value is -2.28. The lowest BCUT2D eigenvalue weighted by Crippen LogP contribution is -2.24.